The van der Waals surface area contributed by atoms with Crippen LogP contribution in [-0.2, 0) is 0 Å². The summed E-state index contributed by atoms with van der Waals surface area (Å²) in [6, 6.07) is 12.6. The minimum Gasteiger partial charge on any atom is -0.497 e. The maximum atomic E-state index is 12.8. The third kappa shape index (κ3) is 2.99. The van der Waals surface area contributed by atoms with Gasteiger partial charge in [0.25, 0.3) is 11.8 Å². The molecule has 1 aliphatic heterocycles. The highest BCUT2D eigenvalue weighted by molar-refractivity contribution is 6.21. The van der Waals surface area contributed by atoms with Crippen LogP contribution < -0.4 is 4.74 Å². The monoisotopic (exact) mass is 362 g/mol. The molecule has 2 aromatic carbocycles. The lowest BCUT2D eigenvalue weighted by Crippen LogP contribution is -2.34. The number of methoxy groups -OCH3 is 1. The largest absolute Gasteiger partial charge is 0.497 e. The molecule has 0 spiro atoms. The van der Waals surface area contributed by atoms with Gasteiger partial charge in [0.1, 0.15) is 12.0 Å². The summed E-state index contributed by atoms with van der Waals surface area (Å²) in [6.07, 6.45) is 3.04. The molecule has 6 heteroatoms. The minimum absolute atomic E-state index is 0.138. The molecule has 6 nitrogen and oxygen atoms in total. The number of ether oxygens (including phenoxy) is 1. The van der Waals surface area contributed by atoms with Gasteiger partial charge in [-0.15, -0.1) is 0 Å². The number of aryl methyl sites for hydroxylation is 1. The summed E-state index contributed by atoms with van der Waals surface area (Å²) in [5, 5.41) is 0. The number of amides is 2. The van der Waals surface area contributed by atoms with Gasteiger partial charge in [-0.05, 0) is 42.3 Å². The average Bonchev–Trinajstić information content (AvgIpc) is 3.28. The van der Waals surface area contributed by atoms with Gasteiger partial charge in [0.15, 0.2) is 0 Å². The molecule has 0 saturated carbocycles. The molecule has 136 valence electrons. The molecular weight excluding hydrogens is 344 g/mol. The van der Waals surface area contributed by atoms with Crippen LogP contribution in [0.2, 0.25) is 0 Å². The predicted octanol–water partition coefficient (Wildman–Crippen LogP) is 3.42. The molecule has 1 aliphatic rings. The van der Waals surface area contributed by atoms with Crippen LogP contribution in [0.4, 0.5) is 0 Å². The fourth-order valence-corrected chi connectivity index (χ4v) is 3.42. The Bertz CT molecular complexity index is 976. The van der Waals surface area contributed by atoms with Gasteiger partial charge in [-0.1, -0.05) is 18.2 Å². The lowest BCUT2D eigenvalue weighted by atomic mass is 9.96. The third-order valence-electron chi connectivity index (χ3n) is 4.70. The van der Waals surface area contributed by atoms with Crippen LogP contribution in [0.25, 0.3) is 0 Å². The van der Waals surface area contributed by atoms with E-state index in [9.17, 15) is 9.59 Å². The summed E-state index contributed by atoms with van der Waals surface area (Å²) in [5.41, 5.74) is 2.72. The Morgan fingerprint density at radius 2 is 1.81 bits per heavy atom. The van der Waals surface area contributed by atoms with E-state index < -0.39 is 5.92 Å². The van der Waals surface area contributed by atoms with Crippen LogP contribution in [0.1, 0.15) is 43.7 Å². The van der Waals surface area contributed by atoms with Crippen LogP contribution >= 0.6 is 0 Å². The molecule has 2 amide bonds. The molecule has 0 saturated heterocycles. The molecule has 0 N–H and O–H groups in total. The molecule has 0 fully saturated rings. The second-order valence-electron chi connectivity index (χ2n) is 6.47. The van der Waals surface area contributed by atoms with Crippen molar-refractivity contribution in [3.8, 4) is 5.75 Å². The van der Waals surface area contributed by atoms with Crippen molar-refractivity contribution in [2.45, 2.75) is 12.8 Å². The molecule has 1 unspecified atom stereocenters. The normalized spacial score (nSPS) is 14.4. The number of hydrogen-bond donors (Lipinski definition) is 0. The number of hydrogen-bond acceptors (Lipinski definition) is 5. The molecule has 0 aliphatic carbocycles. The zero-order valence-corrected chi connectivity index (χ0v) is 15.0. The predicted molar refractivity (Wildman–Crippen MR) is 97.9 cm³/mol. The van der Waals surface area contributed by atoms with Gasteiger partial charge in [0.2, 0.25) is 5.89 Å². The summed E-state index contributed by atoms with van der Waals surface area (Å²) in [6.45, 7) is 2.10. The van der Waals surface area contributed by atoms with E-state index in [2.05, 4.69) is 4.98 Å². The number of aromatic nitrogens is 1. The Morgan fingerprint density at radius 3 is 2.41 bits per heavy atom. The van der Waals surface area contributed by atoms with Crippen molar-refractivity contribution in [3.63, 3.8) is 0 Å². The van der Waals surface area contributed by atoms with Crippen LogP contribution in [-0.4, -0.2) is 35.4 Å². The number of fused-ring (bicyclic) bond motifs is 1. The van der Waals surface area contributed by atoms with Gasteiger partial charge in [0.05, 0.1) is 30.4 Å². The summed E-state index contributed by atoms with van der Waals surface area (Å²) in [5.74, 6) is 0.151. The molecule has 0 radical (unpaired) electrons. The highest BCUT2D eigenvalue weighted by Crippen LogP contribution is 2.32. The van der Waals surface area contributed by atoms with Gasteiger partial charge in [-0.2, -0.15) is 0 Å². The number of imide groups is 1. The number of carbonyl (C=O) groups excluding carboxylic acids is 2. The lowest BCUT2D eigenvalue weighted by Gasteiger charge is -2.21. The van der Waals surface area contributed by atoms with Crippen LogP contribution in [0.15, 0.2) is 59.3 Å². The first kappa shape index (κ1) is 17.0. The molecule has 0 bridgehead atoms. The van der Waals surface area contributed by atoms with E-state index in [4.69, 9.17) is 9.15 Å². The van der Waals surface area contributed by atoms with E-state index in [0.29, 0.717) is 22.8 Å². The van der Waals surface area contributed by atoms with E-state index in [1.165, 1.54) is 11.2 Å². The van der Waals surface area contributed by atoms with Crippen LogP contribution in [0.5, 0.6) is 5.75 Å². The molecule has 4 rings (SSSR count). The molecule has 1 aromatic heterocycles. The highest BCUT2D eigenvalue weighted by atomic mass is 16.5. The van der Waals surface area contributed by atoms with Crippen molar-refractivity contribution in [2.75, 3.05) is 13.7 Å². The molecular formula is C21H18N2O4. The molecule has 1 atom stereocenters. The maximum absolute atomic E-state index is 12.8. The first-order chi connectivity index (χ1) is 13.1. The lowest BCUT2D eigenvalue weighted by molar-refractivity contribution is 0.0646. The van der Waals surface area contributed by atoms with Crippen molar-refractivity contribution in [1.29, 1.82) is 0 Å². The maximum Gasteiger partial charge on any atom is 0.261 e. The average molecular weight is 362 g/mol. The summed E-state index contributed by atoms with van der Waals surface area (Å²) in [7, 11) is 1.60. The molecule has 2 heterocycles. The van der Waals surface area contributed by atoms with Crippen molar-refractivity contribution >= 4 is 11.8 Å². The first-order valence-electron chi connectivity index (χ1n) is 8.58. The minimum atomic E-state index is -0.393. The van der Waals surface area contributed by atoms with Crippen LogP contribution in [0, 0.1) is 6.92 Å². The third-order valence-corrected chi connectivity index (χ3v) is 4.70. The van der Waals surface area contributed by atoms with E-state index >= 15 is 0 Å². The SMILES string of the molecule is COc1cc(C)cc(C(CN2C(=O)c3ccccc3C2=O)c2ncco2)c1. The van der Waals surface area contributed by atoms with E-state index in [-0.39, 0.29) is 18.4 Å². The fraction of sp³-hybridized carbons (Fsp3) is 0.190. The highest BCUT2D eigenvalue weighted by Gasteiger charge is 2.37. The zero-order chi connectivity index (χ0) is 19.0. The van der Waals surface area contributed by atoms with Crippen molar-refractivity contribution < 1.29 is 18.7 Å². The van der Waals surface area contributed by atoms with Crippen molar-refractivity contribution in [2.24, 2.45) is 0 Å². The number of oxazole rings is 1. The van der Waals surface area contributed by atoms with Crippen molar-refractivity contribution in [1.82, 2.24) is 9.88 Å². The van der Waals surface area contributed by atoms with Crippen molar-refractivity contribution in [3.05, 3.63) is 83.1 Å². The Morgan fingerprint density at radius 1 is 1.11 bits per heavy atom. The van der Waals surface area contributed by atoms with Gasteiger partial charge in [-0.3, -0.25) is 14.5 Å². The Hall–Kier alpha value is -3.41. The smallest absolute Gasteiger partial charge is 0.261 e. The van der Waals surface area contributed by atoms with Gasteiger partial charge < -0.3 is 9.15 Å². The molecule has 3 aromatic rings. The zero-order valence-electron chi connectivity index (χ0n) is 15.0. The first-order valence-corrected chi connectivity index (χ1v) is 8.58. The Balaban J connectivity index is 1.73. The summed E-state index contributed by atoms with van der Waals surface area (Å²) in [4.78, 5) is 31.0. The second-order valence-corrected chi connectivity index (χ2v) is 6.47. The van der Waals surface area contributed by atoms with Gasteiger partial charge >= 0.3 is 0 Å². The standard InChI is InChI=1S/C21H18N2O4/c1-13-9-14(11-15(10-13)26-2)18(19-22-7-8-27-19)12-23-20(24)16-5-3-4-6-17(16)21(23)25/h3-11,18H,12H2,1-2H3. The summed E-state index contributed by atoms with van der Waals surface area (Å²) >= 11 is 0. The van der Waals surface area contributed by atoms with Gasteiger partial charge in [0, 0.05) is 6.54 Å². The number of carbonyl (C=O) groups is 2. The number of benzene rings is 2. The van der Waals surface area contributed by atoms with E-state index in [1.54, 1.807) is 37.6 Å². The Labute approximate surface area is 156 Å². The van der Waals surface area contributed by atoms with Crippen LogP contribution in [0.3, 0.4) is 0 Å². The topological polar surface area (TPSA) is 72.6 Å². The van der Waals surface area contributed by atoms with E-state index in [0.717, 1.165) is 11.1 Å². The second kappa shape index (κ2) is 6.72. The van der Waals surface area contributed by atoms with E-state index in [1.807, 2.05) is 25.1 Å². The summed E-state index contributed by atoms with van der Waals surface area (Å²) < 4.78 is 10.9. The quantitative estimate of drug-likeness (QED) is 0.650. The van der Waals surface area contributed by atoms with Gasteiger partial charge in [-0.25, -0.2) is 4.98 Å². The number of nitrogens with zero attached hydrogens (tertiary/aromatic N) is 2. The molecule has 27 heavy (non-hydrogen) atoms. The Kier molecular flexibility index (Phi) is 4.24. The fourth-order valence-electron chi connectivity index (χ4n) is 3.42. The number of rotatable bonds is 5.